The molecule has 0 radical (unpaired) electrons. The molecule has 1 aromatic heterocycles. The lowest BCUT2D eigenvalue weighted by atomic mass is 10.1. The molecule has 0 fully saturated rings. The predicted molar refractivity (Wildman–Crippen MR) is 148 cm³/mol. The molecule has 8 nitrogen and oxygen atoms in total. The van der Waals surface area contributed by atoms with Crippen molar-refractivity contribution in [3.05, 3.63) is 90.1 Å². The second-order valence-corrected chi connectivity index (χ2v) is 9.17. The molecule has 0 aliphatic heterocycles. The highest BCUT2D eigenvalue weighted by Crippen LogP contribution is 2.31. The topological polar surface area (TPSA) is 85.7 Å². The molecule has 3 aromatic carbocycles. The summed E-state index contributed by atoms with van der Waals surface area (Å²) < 4.78 is 12.6. The number of benzene rings is 3. The van der Waals surface area contributed by atoms with Gasteiger partial charge in [-0.25, -0.2) is 4.98 Å². The van der Waals surface area contributed by atoms with Crippen molar-refractivity contribution in [3.63, 3.8) is 0 Å². The van der Waals surface area contributed by atoms with E-state index in [-0.39, 0.29) is 24.4 Å². The Morgan fingerprint density at radius 1 is 0.947 bits per heavy atom. The number of hydrogen-bond acceptors (Lipinski definition) is 5. The fourth-order valence-electron chi connectivity index (χ4n) is 4.14. The third-order valence-electron chi connectivity index (χ3n) is 6.14. The minimum Gasteiger partial charge on any atom is -0.493 e. The molecule has 2 amide bonds. The van der Waals surface area contributed by atoms with E-state index in [1.807, 2.05) is 87.6 Å². The van der Waals surface area contributed by atoms with E-state index in [1.54, 1.807) is 35.8 Å². The van der Waals surface area contributed by atoms with E-state index >= 15 is 0 Å². The number of rotatable bonds is 9. The van der Waals surface area contributed by atoms with E-state index in [9.17, 15) is 9.59 Å². The van der Waals surface area contributed by atoms with Crippen LogP contribution in [0.2, 0.25) is 0 Å². The monoisotopic (exact) mass is 512 g/mol. The highest BCUT2D eigenvalue weighted by molar-refractivity contribution is 5.99. The third kappa shape index (κ3) is 5.86. The van der Waals surface area contributed by atoms with E-state index in [1.165, 1.54) is 0 Å². The van der Waals surface area contributed by atoms with Crippen molar-refractivity contribution in [2.75, 3.05) is 26.1 Å². The fourth-order valence-corrected chi connectivity index (χ4v) is 4.14. The van der Waals surface area contributed by atoms with Crippen LogP contribution in [0.1, 0.15) is 29.8 Å². The van der Waals surface area contributed by atoms with Crippen LogP contribution in [0.4, 0.5) is 5.95 Å². The molecule has 1 N–H and O–H groups in total. The van der Waals surface area contributed by atoms with Crippen molar-refractivity contribution in [1.29, 1.82) is 0 Å². The zero-order valence-corrected chi connectivity index (χ0v) is 22.3. The Hall–Kier alpha value is -4.59. The van der Waals surface area contributed by atoms with Crippen LogP contribution >= 0.6 is 0 Å². The van der Waals surface area contributed by atoms with Gasteiger partial charge in [0.1, 0.15) is 6.54 Å². The van der Waals surface area contributed by atoms with Gasteiger partial charge in [0.05, 0.1) is 25.6 Å². The summed E-state index contributed by atoms with van der Waals surface area (Å²) in [7, 11) is 3.14. The Labute approximate surface area is 222 Å². The van der Waals surface area contributed by atoms with Crippen LogP contribution in [0.3, 0.4) is 0 Å². The number of amides is 2. The maximum Gasteiger partial charge on any atom is 0.254 e. The van der Waals surface area contributed by atoms with Crippen LogP contribution in [0.5, 0.6) is 11.5 Å². The minimum absolute atomic E-state index is 0.121. The van der Waals surface area contributed by atoms with Crippen molar-refractivity contribution < 1.29 is 19.1 Å². The lowest BCUT2D eigenvalue weighted by Crippen LogP contribution is -2.42. The van der Waals surface area contributed by atoms with E-state index in [4.69, 9.17) is 14.5 Å². The summed E-state index contributed by atoms with van der Waals surface area (Å²) in [6.45, 7) is 5.59. The minimum atomic E-state index is -0.355. The van der Waals surface area contributed by atoms with Gasteiger partial charge in [-0.3, -0.25) is 19.5 Å². The number of carbonyl (C=O) groups excluding carboxylic acids is 2. The molecule has 0 atom stereocenters. The Bertz CT molecular complexity index is 1430. The quantitative estimate of drug-likeness (QED) is 0.327. The highest BCUT2D eigenvalue weighted by Gasteiger charge is 2.23. The maximum absolute atomic E-state index is 13.3. The van der Waals surface area contributed by atoms with Gasteiger partial charge in [0, 0.05) is 29.4 Å². The zero-order valence-electron chi connectivity index (χ0n) is 22.3. The van der Waals surface area contributed by atoms with Gasteiger partial charge in [-0.1, -0.05) is 48.0 Å². The summed E-state index contributed by atoms with van der Waals surface area (Å²) >= 11 is 0. The zero-order chi connectivity index (χ0) is 27.2. The number of carbonyl (C=O) groups is 2. The number of hydrogen-bond donors (Lipinski definition) is 1. The molecule has 4 aromatic rings. The summed E-state index contributed by atoms with van der Waals surface area (Å²) in [4.78, 5) is 32.8. The summed E-state index contributed by atoms with van der Waals surface area (Å²) in [5.74, 6) is 0.908. The maximum atomic E-state index is 13.3. The lowest BCUT2D eigenvalue weighted by Gasteiger charge is -2.26. The molecule has 0 aliphatic carbocycles. The number of aromatic nitrogens is 2. The van der Waals surface area contributed by atoms with Gasteiger partial charge in [0.2, 0.25) is 11.9 Å². The van der Waals surface area contributed by atoms with Crippen LogP contribution in [0.15, 0.2) is 79.0 Å². The van der Waals surface area contributed by atoms with Gasteiger partial charge >= 0.3 is 0 Å². The molecule has 0 aliphatic rings. The van der Waals surface area contributed by atoms with Gasteiger partial charge in [-0.05, 0) is 45.0 Å². The van der Waals surface area contributed by atoms with Gasteiger partial charge in [0.25, 0.3) is 5.91 Å². The predicted octanol–water partition coefficient (Wildman–Crippen LogP) is 5.35. The van der Waals surface area contributed by atoms with Crippen molar-refractivity contribution >= 4 is 17.8 Å². The van der Waals surface area contributed by atoms with Gasteiger partial charge in [0.15, 0.2) is 11.5 Å². The van der Waals surface area contributed by atoms with Gasteiger partial charge < -0.3 is 14.4 Å². The van der Waals surface area contributed by atoms with E-state index in [2.05, 4.69) is 5.32 Å². The number of aryl methyl sites for hydroxylation is 1. The molecule has 196 valence electrons. The number of ether oxygens (including phenoxy) is 2. The number of nitrogens with one attached hydrogen (secondary N) is 1. The molecule has 0 spiro atoms. The molecule has 0 unspecified atom stereocenters. The Morgan fingerprint density at radius 3 is 2.34 bits per heavy atom. The molecule has 8 heteroatoms. The second kappa shape index (κ2) is 11.6. The Morgan fingerprint density at radius 2 is 1.68 bits per heavy atom. The molecule has 4 rings (SSSR count). The number of nitrogens with zero attached hydrogens (tertiary/aromatic N) is 3. The first kappa shape index (κ1) is 26.5. The van der Waals surface area contributed by atoms with Crippen LogP contribution in [0.25, 0.3) is 16.9 Å². The second-order valence-electron chi connectivity index (χ2n) is 9.17. The average Bonchev–Trinajstić information content (AvgIpc) is 3.34. The van der Waals surface area contributed by atoms with Crippen molar-refractivity contribution in [2.24, 2.45) is 0 Å². The molecule has 0 saturated carbocycles. The largest absolute Gasteiger partial charge is 0.493 e. The third-order valence-corrected chi connectivity index (χ3v) is 6.14. The molecule has 1 heterocycles. The first-order chi connectivity index (χ1) is 18.3. The summed E-state index contributed by atoms with van der Waals surface area (Å²) in [6.07, 6.45) is 1.85. The Balaban J connectivity index is 1.66. The fraction of sp³-hybridized carbons (Fsp3) is 0.233. The van der Waals surface area contributed by atoms with E-state index in [0.29, 0.717) is 28.7 Å². The van der Waals surface area contributed by atoms with Gasteiger partial charge in [-0.15, -0.1) is 0 Å². The number of anilines is 1. The van der Waals surface area contributed by atoms with Crippen LogP contribution in [-0.4, -0.2) is 53.1 Å². The first-order valence-electron chi connectivity index (χ1n) is 12.4. The normalized spacial score (nSPS) is 10.8. The molecule has 0 bridgehead atoms. The van der Waals surface area contributed by atoms with Crippen molar-refractivity contribution in [1.82, 2.24) is 14.5 Å². The molecule has 38 heavy (non-hydrogen) atoms. The first-order valence-corrected chi connectivity index (χ1v) is 12.4. The molecular weight excluding hydrogens is 480 g/mol. The van der Waals surface area contributed by atoms with Gasteiger partial charge in [-0.2, -0.15) is 0 Å². The summed E-state index contributed by atoms with van der Waals surface area (Å²) in [5.41, 5.74) is 3.84. The lowest BCUT2D eigenvalue weighted by molar-refractivity contribution is -0.117. The molecular formula is C30H32N4O4. The smallest absolute Gasteiger partial charge is 0.254 e. The highest BCUT2D eigenvalue weighted by atomic mass is 16.5. The van der Waals surface area contributed by atoms with E-state index < -0.39 is 0 Å². The van der Waals surface area contributed by atoms with Crippen LogP contribution < -0.4 is 14.8 Å². The van der Waals surface area contributed by atoms with Crippen molar-refractivity contribution in [2.45, 2.75) is 26.8 Å². The van der Waals surface area contributed by atoms with Crippen LogP contribution in [-0.2, 0) is 4.79 Å². The summed E-state index contributed by atoms with van der Waals surface area (Å²) in [5, 5.41) is 2.92. The average molecular weight is 513 g/mol. The summed E-state index contributed by atoms with van der Waals surface area (Å²) in [6, 6.07) is 22.3. The van der Waals surface area contributed by atoms with Crippen molar-refractivity contribution in [3.8, 4) is 28.4 Å². The molecule has 0 saturated heterocycles. The number of imidazole rings is 1. The Kier molecular flexibility index (Phi) is 8.11. The van der Waals surface area contributed by atoms with Crippen LogP contribution in [0, 0.1) is 6.92 Å². The van der Waals surface area contributed by atoms with E-state index in [0.717, 1.165) is 16.8 Å². The standard InChI is InChI=1S/C30H32N4O4/c1-20(2)33(29(36)23-13-9-10-21(3)16-23)19-28(35)32-30-31-25(22-11-7-6-8-12-22)18-34(30)24-14-15-26(37-4)27(17-24)38-5/h6-18,20H,19H2,1-5H3,(H,31,32,35). The SMILES string of the molecule is COc1ccc(-n2cc(-c3ccccc3)nc2NC(=O)CN(C(=O)c2cccc(C)c2)C(C)C)cc1OC. The number of methoxy groups -OCH3 is 2.